The number of carbonyl (C=O) groups is 2. The number of carbonyl (C=O) groups excluding carboxylic acids is 2. The molecule has 24 heavy (non-hydrogen) atoms. The highest BCUT2D eigenvalue weighted by atomic mass is 16.5. The van der Waals surface area contributed by atoms with Crippen LogP contribution in [-0.2, 0) is 4.79 Å². The fraction of sp³-hybridized carbons (Fsp3) is 0.167. The van der Waals surface area contributed by atoms with Crippen LogP contribution in [0.15, 0.2) is 42.5 Å². The number of methoxy groups -OCH3 is 1. The number of nitrogens with zero attached hydrogens (tertiary/aromatic N) is 1. The van der Waals surface area contributed by atoms with E-state index in [9.17, 15) is 9.59 Å². The van der Waals surface area contributed by atoms with E-state index in [2.05, 4.69) is 5.32 Å². The highest BCUT2D eigenvalue weighted by molar-refractivity contribution is 5.97. The number of rotatable bonds is 6. The van der Waals surface area contributed by atoms with Crippen molar-refractivity contribution in [3.05, 3.63) is 53.6 Å². The van der Waals surface area contributed by atoms with Gasteiger partial charge < -0.3 is 14.8 Å². The molecule has 0 aliphatic carbocycles. The molecule has 0 bridgehead atoms. The minimum absolute atomic E-state index is 0.171. The minimum atomic E-state index is -0.401. The SMILES string of the molecule is COc1ccc(C(C)=O)c(OCC(=O)Nc2cccc(C#N)c2)c1. The Balaban J connectivity index is 2.06. The summed E-state index contributed by atoms with van der Waals surface area (Å²) in [6.07, 6.45) is 0. The van der Waals surface area contributed by atoms with Crippen LogP contribution in [0.25, 0.3) is 0 Å². The van der Waals surface area contributed by atoms with Gasteiger partial charge in [0, 0.05) is 11.8 Å². The van der Waals surface area contributed by atoms with Crippen LogP contribution >= 0.6 is 0 Å². The highest BCUT2D eigenvalue weighted by Gasteiger charge is 2.12. The predicted molar refractivity (Wildman–Crippen MR) is 88.3 cm³/mol. The largest absolute Gasteiger partial charge is 0.497 e. The van der Waals surface area contributed by atoms with E-state index in [4.69, 9.17) is 14.7 Å². The van der Waals surface area contributed by atoms with Gasteiger partial charge in [-0.1, -0.05) is 6.07 Å². The van der Waals surface area contributed by atoms with Crippen molar-refractivity contribution in [3.63, 3.8) is 0 Å². The molecule has 6 nitrogen and oxygen atoms in total. The molecule has 1 N–H and O–H groups in total. The van der Waals surface area contributed by atoms with Gasteiger partial charge in [0.2, 0.25) is 0 Å². The number of benzene rings is 2. The molecule has 2 aromatic carbocycles. The molecule has 0 aromatic heterocycles. The summed E-state index contributed by atoms with van der Waals surface area (Å²) >= 11 is 0. The molecule has 0 aliphatic rings. The Kier molecular flexibility index (Phi) is 5.53. The van der Waals surface area contributed by atoms with Gasteiger partial charge in [0.1, 0.15) is 11.5 Å². The van der Waals surface area contributed by atoms with E-state index in [-0.39, 0.29) is 18.1 Å². The van der Waals surface area contributed by atoms with Crippen LogP contribution in [0.4, 0.5) is 5.69 Å². The number of nitrogens with one attached hydrogen (secondary N) is 1. The van der Waals surface area contributed by atoms with Crippen LogP contribution in [-0.4, -0.2) is 25.4 Å². The van der Waals surface area contributed by atoms with Crippen molar-refractivity contribution < 1.29 is 19.1 Å². The van der Waals surface area contributed by atoms with E-state index in [1.165, 1.54) is 14.0 Å². The van der Waals surface area contributed by atoms with Crippen molar-refractivity contribution in [2.45, 2.75) is 6.92 Å². The fourth-order valence-electron chi connectivity index (χ4n) is 2.05. The number of nitriles is 1. The Bertz CT molecular complexity index is 809. The van der Waals surface area contributed by atoms with E-state index in [0.717, 1.165) is 0 Å². The van der Waals surface area contributed by atoms with Gasteiger partial charge >= 0.3 is 0 Å². The molecule has 0 atom stereocenters. The first-order chi connectivity index (χ1) is 11.5. The molecule has 6 heteroatoms. The first-order valence-electron chi connectivity index (χ1n) is 7.15. The molecular weight excluding hydrogens is 308 g/mol. The zero-order chi connectivity index (χ0) is 17.5. The summed E-state index contributed by atoms with van der Waals surface area (Å²) in [6, 6.07) is 13.3. The monoisotopic (exact) mass is 324 g/mol. The summed E-state index contributed by atoms with van der Waals surface area (Å²) in [6.45, 7) is 1.15. The van der Waals surface area contributed by atoms with Crippen molar-refractivity contribution in [3.8, 4) is 17.6 Å². The summed E-state index contributed by atoms with van der Waals surface area (Å²) in [5, 5.41) is 11.5. The smallest absolute Gasteiger partial charge is 0.262 e. The van der Waals surface area contributed by atoms with Crippen molar-refractivity contribution in [1.29, 1.82) is 5.26 Å². The Morgan fingerprint density at radius 3 is 2.67 bits per heavy atom. The van der Waals surface area contributed by atoms with Gasteiger partial charge in [0.05, 0.1) is 24.3 Å². The van der Waals surface area contributed by atoms with Crippen molar-refractivity contribution in [2.75, 3.05) is 19.0 Å². The molecule has 2 aromatic rings. The number of anilines is 1. The maximum atomic E-state index is 12.0. The molecule has 0 aliphatic heterocycles. The first kappa shape index (κ1) is 17.0. The van der Waals surface area contributed by atoms with Crippen molar-refractivity contribution in [1.82, 2.24) is 0 Å². The molecule has 0 saturated heterocycles. The van der Waals surface area contributed by atoms with Gasteiger partial charge in [-0.05, 0) is 37.3 Å². The number of amides is 1. The molecule has 122 valence electrons. The first-order valence-corrected chi connectivity index (χ1v) is 7.15. The van der Waals surface area contributed by atoms with Crippen LogP contribution in [0.2, 0.25) is 0 Å². The predicted octanol–water partition coefficient (Wildman–Crippen LogP) is 2.79. The lowest BCUT2D eigenvalue weighted by molar-refractivity contribution is -0.118. The van der Waals surface area contributed by atoms with E-state index < -0.39 is 5.91 Å². The van der Waals surface area contributed by atoms with E-state index in [1.54, 1.807) is 42.5 Å². The lowest BCUT2D eigenvalue weighted by atomic mass is 10.1. The molecule has 0 spiro atoms. The van der Waals surface area contributed by atoms with Gasteiger partial charge in [0.15, 0.2) is 12.4 Å². The standard InChI is InChI=1S/C18H16N2O4/c1-12(21)16-7-6-15(23-2)9-17(16)24-11-18(22)20-14-5-3-4-13(8-14)10-19/h3-9H,11H2,1-2H3,(H,20,22). The maximum Gasteiger partial charge on any atom is 0.262 e. The third-order valence-corrected chi connectivity index (χ3v) is 3.20. The summed E-state index contributed by atoms with van der Waals surface area (Å²) in [5.41, 5.74) is 1.32. The topological polar surface area (TPSA) is 88.4 Å². The molecule has 1 amide bonds. The Labute approximate surface area is 139 Å². The minimum Gasteiger partial charge on any atom is -0.497 e. The maximum absolute atomic E-state index is 12.0. The Hall–Kier alpha value is -3.33. The van der Waals surface area contributed by atoms with Crippen LogP contribution in [0, 0.1) is 11.3 Å². The molecule has 2 rings (SSSR count). The molecule has 0 unspecified atom stereocenters. The van der Waals surface area contributed by atoms with Gasteiger partial charge in [-0.2, -0.15) is 5.26 Å². The third kappa shape index (κ3) is 4.34. The fourth-order valence-corrected chi connectivity index (χ4v) is 2.05. The normalized spacial score (nSPS) is 9.71. The lowest BCUT2D eigenvalue weighted by Crippen LogP contribution is -2.20. The highest BCUT2D eigenvalue weighted by Crippen LogP contribution is 2.25. The number of ether oxygens (including phenoxy) is 2. The lowest BCUT2D eigenvalue weighted by Gasteiger charge is -2.11. The quantitative estimate of drug-likeness (QED) is 0.825. The summed E-state index contributed by atoms with van der Waals surface area (Å²) in [4.78, 5) is 23.6. The number of hydrogen-bond acceptors (Lipinski definition) is 5. The molecular formula is C18H16N2O4. The second-order valence-electron chi connectivity index (χ2n) is 4.95. The molecule has 0 fully saturated rings. The average Bonchev–Trinajstić information content (AvgIpc) is 2.59. The Morgan fingerprint density at radius 1 is 1.21 bits per heavy atom. The summed E-state index contributed by atoms with van der Waals surface area (Å²) in [7, 11) is 1.50. The van der Waals surface area contributed by atoms with Crippen LogP contribution < -0.4 is 14.8 Å². The number of hydrogen-bond donors (Lipinski definition) is 1. The summed E-state index contributed by atoms with van der Waals surface area (Å²) in [5.74, 6) is 0.233. The van der Waals surface area contributed by atoms with Crippen molar-refractivity contribution >= 4 is 17.4 Å². The van der Waals surface area contributed by atoms with Crippen LogP contribution in [0.3, 0.4) is 0 Å². The zero-order valence-corrected chi connectivity index (χ0v) is 13.3. The van der Waals surface area contributed by atoms with Gasteiger partial charge in [0.25, 0.3) is 5.91 Å². The van der Waals surface area contributed by atoms with Crippen LogP contribution in [0.1, 0.15) is 22.8 Å². The van der Waals surface area contributed by atoms with Crippen molar-refractivity contribution in [2.24, 2.45) is 0 Å². The van der Waals surface area contributed by atoms with E-state index in [0.29, 0.717) is 22.6 Å². The Morgan fingerprint density at radius 2 is 2.00 bits per heavy atom. The second-order valence-corrected chi connectivity index (χ2v) is 4.95. The van der Waals surface area contributed by atoms with Gasteiger partial charge in [-0.25, -0.2) is 0 Å². The molecule has 0 saturated carbocycles. The average molecular weight is 324 g/mol. The zero-order valence-electron chi connectivity index (χ0n) is 13.3. The number of Topliss-reactive ketones (excluding diaryl/α,β-unsaturated/α-hetero) is 1. The van der Waals surface area contributed by atoms with E-state index in [1.807, 2.05) is 6.07 Å². The van der Waals surface area contributed by atoms with Gasteiger partial charge in [-0.15, -0.1) is 0 Å². The van der Waals surface area contributed by atoms with Crippen LogP contribution in [0.5, 0.6) is 11.5 Å². The molecule has 0 heterocycles. The summed E-state index contributed by atoms with van der Waals surface area (Å²) < 4.78 is 10.5. The van der Waals surface area contributed by atoms with Gasteiger partial charge in [-0.3, -0.25) is 9.59 Å². The number of ketones is 1. The second kappa shape index (κ2) is 7.79. The third-order valence-electron chi connectivity index (χ3n) is 3.20. The molecule has 0 radical (unpaired) electrons. The van der Waals surface area contributed by atoms with E-state index >= 15 is 0 Å².